The van der Waals surface area contributed by atoms with Gasteiger partial charge in [-0.1, -0.05) is 19.9 Å². The highest BCUT2D eigenvalue weighted by molar-refractivity contribution is 5.94. The molecule has 0 aliphatic heterocycles. The Bertz CT molecular complexity index is 880. The van der Waals surface area contributed by atoms with Gasteiger partial charge in [0.05, 0.1) is 17.1 Å². The van der Waals surface area contributed by atoms with Crippen LogP contribution < -0.4 is 0 Å². The summed E-state index contributed by atoms with van der Waals surface area (Å²) in [7, 11) is 1.53. The number of amides is 1. The second-order valence-corrected chi connectivity index (χ2v) is 7.06. The molecule has 1 aliphatic rings. The smallest absolute Gasteiger partial charge is 0.269 e. The van der Waals surface area contributed by atoms with Crippen molar-refractivity contribution in [2.75, 3.05) is 7.05 Å². The Morgan fingerprint density at radius 3 is 2.42 bits per heavy atom. The third kappa shape index (κ3) is 2.74. The van der Waals surface area contributed by atoms with E-state index in [1.54, 1.807) is 6.07 Å². The van der Waals surface area contributed by atoms with E-state index < -0.39 is 34.2 Å². The van der Waals surface area contributed by atoms with Crippen molar-refractivity contribution < 1.29 is 19.2 Å². The van der Waals surface area contributed by atoms with E-state index in [2.05, 4.69) is 0 Å². The maximum absolute atomic E-state index is 13.1. The molecule has 2 atom stereocenters. The van der Waals surface area contributed by atoms with E-state index in [1.165, 1.54) is 48.3 Å². The van der Waals surface area contributed by atoms with Gasteiger partial charge in [-0.15, -0.1) is 0 Å². The van der Waals surface area contributed by atoms with Gasteiger partial charge in [-0.2, -0.15) is 0 Å². The summed E-state index contributed by atoms with van der Waals surface area (Å²) in [4.78, 5) is 24.8. The number of carbonyl (C=O) groups is 1. The van der Waals surface area contributed by atoms with Crippen LogP contribution in [0.25, 0.3) is 0 Å². The molecule has 0 saturated heterocycles. The Morgan fingerprint density at radius 1 is 1.23 bits per heavy atom. The molecule has 0 fully saturated rings. The fourth-order valence-corrected chi connectivity index (χ4v) is 3.56. The number of non-ortho nitro benzene ring substituents is 1. The first-order valence-corrected chi connectivity index (χ1v) is 8.14. The first-order valence-electron chi connectivity index (χ1n) is 8.14. The SMILES string of the molecule is CN(C(=O)c1ccc(F)cc1)[C@@H]1c2cc([N+](=O)[O-])ccc2C(C)(C)[C@H]1O. The van der Waals surface area contributed by atoms with E-state index in [9.17, 15) is 24.4 Å². The van der Waals surface area contributed by atoms with Gasteiger partial charge in [-0.3, -0.25) is 14.9 Å². The molecular formula is C19H19FN2O4. The van der Waals surface area contributed by atoms with Crippen molar-refractivity contribution in [3.63, 3.8) is 0 Å². The minimum absolute atomic E-state index is 0.0960. The van der Waals surface area contributed by atoms with Gasteiger partial charge >= 0.3 is 0 Å². The molecule has 0 unspecified atom stereocenters. The summed E-state index contributed by atoms with van der Waals surface area (Å²) >= 11 is 0. The minimum atomic E-state index is -0.936. The highest BCUT2D eigenvalue weighted by atomic mass is 19.1. The third-order valence-electron chi connectivity index (χ3n) is 5.13. The molecule has 2 aromatic rings. The van der Waals surface area contributed by atoms with Gasteiger partial charge < -0.3 is 10.0 Å². The molecule has 0 spiro atoms. The van der Waals surface area contributed by atoms with Crippen LogP contribution in [0.1, 0.15) is 41.4 Å². The average Bonchev–Trinajstić information content (AvgIpc) is 2.80. The Kier molecular flexibility index (Phi) is 4.28. The number of fused-ring (bicyclic) bond motifs is 1. The number of aliphatic hydroxyl groups is 1. The van der Waals surface area contributed by atoms with Crippen molar-refractivity contribution in [2.45, 2.75) is 31.4 Å². The summed E-state index contributed by atoms with van der Waals surface area (Å²) in [5.41, 5.74) is 0.819. The molecular weight excluding hydrogens is 339 g/mol. The van der Waals surface area contributed by atoms with Gasteiger partial charge in [0.25, 0.3) is 11.6 Å². The van der Waals surface area contributed by atoms with Crippen LogP contribution >= 0.6 is 0 Å². The molecule has 6 nitrogen and oxygen atoms in total. The highest BCUT2D eigenvalue weighted by Gasteiger charge is 2.48. The van der Waals surface area contributed by atoms with Crippen molar-refractivity contribution in [1.29, 1.82) is 0 Å². The van der Waals surface area contributed by atoms with Crippen LogP contribution in [0, 0.1) is 15.9 Å². The molecule has 0 aromatic heterocycles. The zero-order valence-corrected chi connectivity index (χ0v) is 14.6. The standard InChI is InChI=1S/C19H19FN2O4/c1-19(2)15-9-8-13(22(25)26)10-14(15)16(17(19)23)21(3)18(24)11-4-6-12(20)7-5-11/h4-10,16-17,23H,1-3H3/t16-,17+/m1/s1. The normalized spacial score (nSPS) is 20.5. The number of aliphatic hydroxyl groups excluding tert-OH is 1. The van der Waals surface area contributed by atoms with E-state index in [0.717, 1.165) is 5.56 Å². The fraction of sp³-hybridized carbons (Fsp3) is 0.316. The molecule has 0 heterocycles. The zero-order chi connectivity index (χ0) is 19.2. The highest BCUT2D eigenvalue weighted by Crippen LogP contribution is 2.48. The zero-order valence-electron chi connectivity index (χ0n) is 14.6. The van der Waals surface area contributed by atoms with Crippen molar-refractivity contribution >= 4 is 11.6 Å². The third-order valence-corrected chi connectivity index (χ3v) is 5.13. The minimum Gasteiger partial charge on any atom is -0.390 e. The lowest BCUT2D eigenvalue weighted by molar-refractivity contribution is -0.384. The molecule has 26 heavy (non-hydrogen) atoms. The summed E-state index contributed by atoms with van der Waals surface area (Å²) in [6.45, 7) is 3.66. The number of halogens is 1. The van der Waals surface area contributed by atoms with Gasteiger partial charge in [-0.25, -0.2) is 4.39 Å². The molecule has 1 aliphatic carbocycles. The number of rotatable bonds is 3. The predicted octanol–water partition coefficient (Wildman–Crippen LogP) is 3.20. The molecule has 7 heteroatoms. The fourth-order valence-electron chi connectivity index (χ4n) is 3.56. The van der Waals surface area contributed by atoms with E-state index in [1.807, 2.05) is 13.8 Å². The number of nitro benzene ring substituents is 1. The number of benzene rings is 2. The second-order valence-electron chi connectivity index (χ2n) is 7.06. The summed E-state index contributed by atoms with van der Waals surface area (Å²) in [5.74, 6) is -0.851. The van der Waals surface area contributed by atoms with Crippen molar-refractivity contribution in [2.24, 2.45) is 0 Å². The molecule has 0 radical (unpaired) electrons. The number of hydrogen-bond donors (Lipinski definition) is 1. The van der Waals surface area contributed by atoms with Gasteiger partial charge in [0.1, 0.15) is 5.82 Å². The topological polar surface area (TPSA) is 83.7 Å². The van der Waals surface area contributed by atoms with Crippen molar-refractivity contribution in [1.82, 2.24) is 4.90 Å². The van der Waals surface area contributed by atoms with Crippen LogP contribution in [0.4, 0.5) is 10.1 Å². The number of hydrogen-bond acceptors (Lipinski definition) is 4. The first-order chi connectivity index (χ1) is 12.1. The van der Waals surface area contributed by atoms with Crippen LogP contribution in [-0.4, -0.2) is 34.0 Å². The average molecular weight is 358 g/mol. The van der Waals surface area contributed by atoms with Crippen LogP contribution in [0.2, 0.25) is 0 Å². The van der Waals surface area contributed by atoms with E-state index in [0.29, 0.717) is 5.56 Å². The van der Waals surface area contributed by atoms with Crippen molar-refractivity contribution in [3.8, 4) is 0 Å². The van der Waals surface area contributed by atoms with Crippen molar-refractivity contribution in [3.05, 3.63) is 75.1 Å². The number of nitro groups is 1. The van der Waals surface area contributed by atoms with Gasteiger partial charge in [0, 0.05) is 30.2 Å². The lowest BCUT2D eigenvalue weighted by Crippen LogP contribution is -2.40. The van der Waals surface area contributed by atoms with Gasteiger partial charge in [0.15, 0.2) is 0 Å². The monoisotopic (exact) mass is 358 g/mol. The largest absolute Gasteiger partial charge is 0.390 e. The summed E-state index contributed by atoms with van der Waals surface area (Å²) < 4.78 is 13.1. The molecule has 136 valence electrons. The number of carbonyl (C=O) groups excluding carboxylic acids is 1. The number of likely N-dealkylation sites (N-methyl/N-ethyl adjacent to an activating group) is 1. The molecule has 1 N–H and O–H groups in total. The maximum Gasteiger partial charge on any atom is 0.269 e. The Hall–Kier alpha value is -2.80. The van der Waals surface area contributed by atoms with Crippen LogP contribution in [0.5, 0.6) is 0 Å². The lowest BCUT2D eigenvalue weighted by Gasteiger charge is -2.32. The predicted molar refractivity (Wildman–Crippen MR) is 93.4 cm³/mol. The van der Waals surface area contributed by atoms with Crippen LogP contribution in [0.15, 0.2) is 42.5 Å². The van der Waals surface area contributed by atoms with E-state index in [-0.39, 0.29) is 11.3 Å². The summed E-state index contributed by atoms with van der Waals surface area (Å²) in [6.07, 6.45) is -0.936. The van der Waals surface area contributed by atoms with Gasteiger partial charge in [0.2, 0.25) is 0 Å². The Morgan fingerprint density at radius 2 is 1.85 bits per heavy atom. The Labute approximate surface area is 150 Å². The van der Waals surface area contributed by atoms with E-state index in [4.69, 9.17) is 0 Å². The van der Waals surface area contributed by atoms with Crippen LogP contribution in [-0.2, 0) is 5.41 Å². The van der Waals surface area contributed by atoms with Gasteiger partial charge in [-0.05, 0) is 35.4 Å². The van der Waals surface area contributed by atoms with Crippen LogP contribution in [0.3, 0.4) is 0 Å². The molecule has 1 amide bonds. The molecule has 0 bridgehead atoms. The Balaban J connectivity index is 2.04. The van der Waals surface area contributed by atoms with E-state index >= 15 is 0 Å². The lowest BCUT2D eigenvalue weighted by atomic mass is 9.84. The second kappa shape index (κ2) is 6.17. The molecule has 0 saturated carbocycles. The maximum atomic E-state index is 13.1. The first kappa shape index (κ1) is 18.0. The summed E-state index contributed by atoms with van der Waals surface area (Å²) in [5, 5.41) is 22.0. The molecule has 3 rings (SSSR count). The summed E-state index contributed by atoms with van der Waals surface area (Å²) in [6, 6.07) is 8.82. The quantitative estimate of drug-likeness (QED) is 0.675. The number of nitrogens with zero attached hydrogens (tertiary/aromatic N) is 2. The molecule has 2 aromatic carbocycles.